The maximum absolute atomic E-state index is 11.1. The zero-order valence-electron chi connectivity index (χ0n) is 7.48. The van der Waals surface area contributed by atoms with Gasteiger partial charge < -0.3 is 0 Å². The van der Waals surface area contributed by atoms with Crippen LogP contribution in [0.3, 0.4) is 0 Å². The molecule has 0 spiro atoms. The van der Waals surface area contributed by atoms with Crippen LogP contribution in [0.4, 0.5) is 0 Å². The van der Waals surface area contributed by atoms with Crippen molar-refractivity contribution < 1.29 is 9.72 Å². The van der Waals surface area contributed by atoms with Crippen molar-refractivity contribution in [2.45, 2.75) is 30.7 Å². The monoisotopic (exact) mass is 221 g/mol. The summed E-state index contributed by atoms with van der Waals surface area (Å²) in [5.41, 5.74) is 2.00. The van der Waals surface area contributed by atoms with Crippen molar-refractivity contribution in [2.24, 2.45) is 11.8 Å². The molecule has 3 unspecified atom stereocenters. The minimum atomic E-state index is -0.840. The Morgan fingerprint density at radius 2 is 2.21 bits per heavy atom. The fourth-order valence-electron chi connectivity index (χ4n) is 1.68. The summed E-state index contributed by atoms with van der Waals surface area (Å²) in [5, 5.41) is 10.1. The maximum atomic E-state index is 11.1. The van der Waals surface area contributed by atoms with E-state index in [2.05, 4.69) is 0 Å². The van der Waals surface area contributed by atoms with Gasteiger partial charge in [0.15, 0.2) is 0 Å². The molecule has 80 valence electrons. The fourth-order valence-corrected chi connectivity index (χ4v) is 2.00. The second-order valence-electron chi connectivity index (χ2n) is 3.39. The number of nitro groups is 1. The lowest BCUT2D eigenvalue weighted by atomic mass is 9.85. The van der Waals surface area contributed by atoms with Crippen LogP contribution in [0.2, 0.25) is 0 Å². The Hall–Kier alpha value is -0.880. The Balaban J connectivity index is 2.62. The number of carbonyl (C=O) groups is 1. The molecule has 0 saturated heterocycles. The van der Waals surface area contributed by atoms with Crippen LogP contribution in [0.5, 0.6) is 0 Å². The summed E-state index contributed by atoms with van der Waals surface area (Å²) in [6, 6.07) is -0.840. The molecule has 1 saturated carbocycles. The molecule has 14 heavy (non-hydrogen) atoms. The van der Waals surface area contributed by atoms with Crippen molar-refractivity contribution in [3.63, 3.8) is 0 Å². The molecule has 0 aromatic carbocycles. The fraction of sp³-hybridized carbons (Fsp3) is 0.857. The van der Waals surface area contributed by atoms with E-state index in [0.717, 1.165) is 0 Å². The number of nitrogens with zero attached hydrogens (tertiary/aromatic N) is 1. The first-order valence-corrected chi connectivity index (χ1v) is 4.78. The highest BCUT2D eigenvalue weighted by Crippen LogP contribution is 2.29. The predicted octanol–water partition coefficient (Wildman–Crippen LogP) is 0.0291. The quantitative estimate of drug-likeness (QED) is 0.226. The first kappa shape index (κ1) is 11.2. The minimum absolute atomic E-state index is 0.171. The molecule has 1 amide bonds. The molecule has 3 N–H and O–H groups in total. The van der Waals surface area contributed by atoms with Crippen LogP contribution in [-0.4, -0.2) is 22.2 Å². The second kappa shape index (κ2) is 4.56. The van der Waals surface area contributed by atoms with E-state index in [1.165, 1.54) is 0 Å². The normalized spacial score (nSPS) is 32.3. The van der Waals surface area contributed by atoms with Gasteiger partial charge >= 0.3 is 0 Å². The highest BCUT2D eigenvalue weighted by molar-refractivity contribution is 6.21. The number of hydrogen-bond acceptors (Lipinski definition) is 4. The molecule has 1 fully saturated rings. The van der Waals surface area contributed by atoms with E-state index in [0.29, 0.717) is 12.8 Å². The van der Waals surface area contributed by atoms with Gasteiger partial charge in [0, 0.05) is 17.3 Å². The molecule has 1 aliphatic rings. The number of halogens is 1. The van der Waals surface area contributed by atoms with E-state index in [1.807, 2.05) is 5.43 Å². The van der Waals surface area contributed by atoms with Crippen LogP contribution in [0.25, 0.3) is 0 Å². The van der Waals surface area contributed by atoms with E-state index >= 15 is 0 Å². The van der Waals surface area contributed by atoms with Gasteiger partial charge in [-0.05, 0) is 12.8 Å². The molecule has 1 rings (SSSR count). The lowest BCUT2D eigenvalue weighted by Crippen LogP contribution is -2.44. The van der Waals surface area contributed by atoms with Gasteiger partial charge in [-0.15, -0.1) is 11.6 Å². The molecular formula is C7H12ClN3O3. The molecular weight excluding hydrogens is 210 g/mol. The average molecular weight is 222 g/mol. The number of hydrazine groups is 1. The average Bonchev–Trinajstić information content (AvgIpc) is 2.17. The predicted molar refractivity (Wildman–Crippen MR) is 50.1 cm³/mol. The first-order valence-electron chi connectivity index (χ1n) is 4.34. The van der Waals surface area contributed by atoms with Crippen molar-refractivity contribution in [3.8, 4) is 0 Å². The summed E-state index contributed by atoms with van der Waals surface area (Å²) in [6.07, 6.45) is 1.21. The Morgan fingerprint density at radius 3 is 2.71 bits per heavy atom. The van der Waals surface area contributed by atoms with E-state index < -0.39 is 16.3 Å². The van der Waals surface area contributed by atoms with Gasteiger partial charge in [-0.2, -0.15) is 0 Å². The molecule has 0 radical (unpaired) electrons. The van der Waals surface area contributed by atoms with Crippen molar-refractivity contribution >= 4 is 17.5 Å². The third kappa shape index (κ3) is 2.33. The SMILES string of the molecule is NNC(=O)C1CCC(Cl)C([N+](=O)[O-])C1. The summed E-state index contributed by atoms with van der Waals surface area (Å²) >= 11 is 5.79. The van der Waals surface area contributed by atoms with Crippen molar-refractivity contribution in [1.29, 1.82) is 0 Å². The van der Waals surface area contributed by atoms with Gasteiger partial charge in [0.05, 0.1) is 0 Å². The first-order chi connectivity index (χ1) is 6.56. The molecule has 0 heterocycles. The highest BCUT2D eigenvalue weighted by Gasteiger charge is 2.39. The van der Waals surface area contributed by atoms with Crippen LogP contribution in [0.15, 0.2) is 0 Å². The molecule has 3 atom stereocenters. The molecule has 0 aromatic heterocycles. The van der Waals surface area contributed by atoms with Crippen LogP contribution in [-0.2, 0) is 4.79 Å². The number of rotatable bonds is 2. The third-order valence-electron chi connectivity index (χ3n) is 2.52. The molecule has 0 aliphatic heterocycles. The van der Waals surface area contributed by atoms with Crippen LogP contribution in [0, 0.1) is 16.0 Å². The Labute approximate surface area is 85.9 Å². The molecule has 1 aliphatic carbocycles. The lowest BCUT2D eigenvalue weighted by Gasteiger charge is -2.26. The topological polar surface area (TPSA) is 98.3 Å². The van der Waals surface area contributed by atoms with Gasteiger partial charge in [-0.25, -0.2) is 5.84 Å². The zero-order valence-corrected chi connectivity index (χ0v) is 8.24. The van der Waals surface area contributed by atoms with Crippen molar-refractivity contribution in [3.05, 3.63) is 10.1 Å². The van der Waals surface area contributed by atoms with Gasteiger partial charge in [-0.3, -0.25) is 20.3 Å². The highest BCUT2D eigenvalue weighted by atomic mass is 35.5. The molecule has 6 nitrogen and oxygen atoms in total. The van der Waals surface area contributed by atoms with Gasteiger partial charge in [0.1, 0.15) is 5.38 Å². The smallest absolute Gasteiger partial charge is 0.237 e. The van der Waals surface area contributed by atoms with Crippen LogP contribution >= 0.6 is 11.6 Å². The zero-order chi connectivity index (χ0) is 10.7. The molecule has 7 heteroatoms. The van der Waals surface area contributed by atoms with Gasteiger partial charge in [0.2, 0.25) is 11.9 Å². The van der Waals surface area contributed by atoms with Crippen molar-refractivity contribution in [2.75, 3.05) is 0 Å². The number of alkyl halides is 1. The lowest BCUT2D eigenvalue weighted by molar-refractivity contribution is -0.526. The minimum Gasteiger partial charge on any atom is -0.294 e. The number of carbonyl (C=O) groups excluding carboxylic acids is 1. The Bertz CT molecular complexity index is 248. The van der Waals surface area contributed by atoms with Gasteiger partial charge in [0.25, 0.3) is 0 Å². The summed E-state index contributed by atoms with van der Waals surface area (Å²) < 4.78 is 0. The largest absolute Gasteiger partial charge is 0.294 e. The standard InChI is InChI=1S/C7H12ClN3O3/c8-5-2-1-4(7(12)10-9)3-6(5)11(13)14/h4-6H,1-3,9H2,(H,10,12). The number of hydrogen-bond donors (Lipinski definition) is 2. The second-order valence-corrected chi connectivity index (χ2v) is 3.95. The summed E-state index contributed by atoms with van der Waals surface area (Å²) in [5.74, 6) is 4.23. The number of nitrogens with two attached hydrogens (primary N) is 1. The summed E-state index contributed by atoms with van der Waals surface area (Å²) in [4.78, 5) is 21.3. The van der Waals surface area contributed by atoms with E-state index in [4.69, 9.17) is 17.4 Å². The molecule has 0 bridgehead atoms. The van der Waals surface area contributed by atoms with Crippen LogP contribution < -0.4 is 11.3 Å². The van der Waals surface area contributed by atoms with Gasteiger partial charge in [-0.1, -0.05) is 0 Å². The Morgan fingerprint density at radius 1 is 1.57 bits per heavy atom. The third-order valence-corrected chi connectivity index (χ3v) is 3.03. The maximum Gasteiger partial charge on any atom is 0.237 e. The van der Waals surface area contributed by atoms with Crippen LogP contribution in [0.1, 0.15) is 19.3 Å². The summed E-state index contributed by atoms with van der Waals surface area (Å²) in [6.45, 7) is 0. The number of nitrogens with one attached hydrogen (secondary N) is 1. The summed E-state index contributed by atoms with van der Waals surface area (Å²) in [7, 11) is 0. The number of amides is 1. The van der Waals surface area contributed by atoms with E-state index in [1.54, 1.807) is 0 Å². The van der Waals surface area contributed by atoms with E-state index in [9.17, 15) is 14.9 Å². The molecule has 0 aromatic rings. The van der Waals surface area contributed by atoms with E-state index in [-0.39, 0.29) is 18.2 Å². The van der Waals surface area contributed by atoms with Crippen molar-refractivity contribution in [1.82, 2.24) is 5.43 Å². The Kier molecular flexibility index (Phi) is 3.65.